The molecule has 0 aliphatic heterocycles. The Bertz CT molecular complexity index is 788. The van der Waals surface area contributed by atoms with Gasteiger partial charge < -0.3 is 20.1 Å². The van der Waals surface area contributed by atoms with Crippen LogP contribution in [0.5, 0.6) is 11.5 Å². The van der Waals surface area contributed by atoms with Crippen molar-refractivity contribution in [3.8, 4) is 11.5 Å². The minimum absolute atomic E-state index is 0.330. The third kappa shape index (κ3) is 5.23. The molecule has 0 fully saturated rings. The predicted molar refractivity (Wildman–Crippen MR) is 105 cm³/mol. The Kier molecular flexibility index (Phi) is 6.82. The van der Waals surface area contributed by atoms with Gasteiger partial charge in [0.2, 0.25) is 11.8 Å². The van der Waals surface area contributed by atoms with E-state index >= 15 is 0 Å². The second kappa shape index (κ2) is 9.07. The van der Waals surface area contributed by atoms with Gasteiger partial charge in [0.1, 0.15) is 16.9 Å². The number of hydrogen-bond donors (Lipinski definition) is 2. The summed E-state index contributed by atoms with van der Waals surface area (Å²) in [6.45, 7) is 3.65. The second-order valence-corrected chi connectivity index (χ2v) is 6.64. The van der Waals surface area contributed by atoms with Gasteiger partial charge >= 0.3 is 0 Å². The van der Waals surface area contributed by atoms with Crippen molar-refractivity contribution in [2.24, 2.45) is 5.41 Å². The molecular formula is C21H26N2O4. The lowest BCUT2D eigenvalue weighted by Crippen LogP contribution is -2.45. The van der Waals surface area contributed by atoms with Gasteiger partial charge in [0, 0.05) is 12.6 Å². The topological polar surface area (TPSA) is 76.7 Å². The average molecular weight is 370 g/mol. The first kappa shape index (κ1) is 20.3. The molecule has 0 aliphatic carbocycles. The minimum atomic E-state index is -1.23. The monoisotopic (exact) mass is 370 g/mol. The van der Waals surface area contributed by atoms with Crippen molar-refractivity contribution in [3.05, 3.63) is 54.1 Å². The molecule has 0 radical (unpaired) electrons. The van der Waals surface area contributed by atoms with E-state index in [4.69, 9.17) is 9.47 Å². The summed E-state index contributed by atoms with van der Waals surface area (Å²) in [5, 5.41) is 5.60. The van der Waals surface area contributed by atoms with Gasteiger partial charge in [-0.1, -0.05) is 30.3 Å². The number of ether oxygens (including phenoxy) is 2. The predicted octanol–water partition coefficient (Wildman–Crippen LogP) is 3.03. The highest BCUT2D eigenvalue weighted by Crippen LogP contribution is 2.30. The molecule has 2 rings (SSSR count). The van der Waals surface area contributed by atoms with Crippen molar-refractivity contribution in [2.45, 2.75) is 20.3 Å². The van der Waals surface area contributed by atoms with Gasteiger partial charge in [-0.15, -0.1) is 0 Å². The van der Waals surface area contributed by atoms with Gasteiger partial charge in [0.15, 0.2) is 0 Å². The van der Waals surface area contributed by atoms with Crippen molar-refractivity contribution in [3.63, 3.8) is 0 Å². The van der Waals surface area contributed by atoms with Crippen molar-refractivity contribution in [1.29, 1.82) is 0 Å². The highest BCUT2D eigenvalue weighted by atomic mass is 16.5. The molecule has 2 amide bonds. The summed E-state index contributed by atoms with van der Waals surface area (Å²) in [6.07, 6.45) is 0.705. The van der Waals surface area contributed by atoms with Crippen LogP contribution < -0.4 is 20.1 Å². The molecule has 6 heteroatoms. The Morgan fingerprint density at radius 3 is 2.30 bits per heavy atom. The first-order chi connectivity index (χ1) is 12.9. The van der Waals surface area contributed by atoms with E-state index in [9.17, 15) is 9.59 Å². The van der Waals surface area contributed by atoms with Gasteiger partial charge in [-0.3, -0.25) is 9.59 Å². The third-order valence-corrected chi connectivity index (χ3v) is 4.33. The third-order valence-electron chi connectivity index (χ3n) is 4.33. The number of hydrogen-bond acceptors (Lipinski definition) is 4. The molecular weight excluding hydrogens is 344 g/mol. The summed E-state index contributed by atoms with van der Waals surface area (Å²) in [4.78, 5) is 25.2. The lowest BCUT2D eigenvalue weighted by atomic mass is 9.90. The molecule has 2 aromatic carbocycles. The number of carbonyl (C=O) groups excluding carboxylic acids is 2. The summed E-state index contributed by atoms with van der Waals surface area (Å²) >= 11 is 0. The number of anilines is 1. The summed E-state index contributed by atoms with van der Waals surface area (Å²) in [5.74, 6) is 0.331. The highest BCUT2D eigenvalue weighted by molar-refractivity contribution is 6.10. The molecule has 6 nitrogen and oxygen atoms in total. The number of methoxy groups -OCH3 is 2. The van der Waals surface area contributed by atoms with Crippen LogP contribution in [0.25, 0.3) is 0 Å². The quantitative estimate of drug-likeness (QED) is 0.701. The maximum atomic E-state index is 12.7. The van der Waals surface area contributed by atoms with Gasteiger partial charge in [-0.25, -0.2) is 0 Å². The zero-order valence-corrected chi connectivity index (χ0v) is 16.2. The number of amides is 2. The van der Waals surface area contributed by atoms with Crippen LogP contribution in [0.2, 0.25) is 0 Å². The van der Waals surface area contributed by atoms with E-state index in [2.05, 4.69) is 10.6 Å². The second-order valence-electron chi connectivity index (χ2n) is 6.64. The molecule has 27 heavy (non-hydrogen) atoms. The first-order valence-corrected chi connectivity index (χ1v) is 8.74. The number of carbonyl (C=O) groups is 2. The summed E-state index contributed by atoms with van der Waals surface area (Å²) in [7, 11) is 3.06. The standard InChI is InChI=1S/C21H26N2O4/c1-21(2,19(24)22-13-12-15-8-6-5-7-9-15)20(25)23-17-11-10-16(26-3)14-18(17)27-4/h5-11,14H,12-13H2,1-4H3,(H,22,24)(H,23,25). The van der Waals surface area contributed by atoms with E-state index in [0.717, 1.165) is 5.56 Å². The van der Waals surface area contributed by atoms with Gasteiger partial charge in [-0.05, 0) is 38.0 Å². The molecule has 0 aromatic heterocycles. The molecule has 0 aliphatic rings. The lowest BCUT2D eigenvalue weighted by molar-refractivity contribution is -0.138. The molecule has 0 atom stereocenters. The molecule has 0 saturated heterocycles. The number of nitrogens with one attached hydrogen (secondary N) is 2. The van der Waals surface area contributed by atoms with Crippen molar-refractivity contribution in [2.75, 3.05) is 26.1 Å². The maximum absolute atomic E-state index is 12.7. The SMILES string of the molecule is COc1ccc(NC(=O)C(C)(C)C(=O)NCCc2ccccc2)c(OC)c1. The fourth-order valence-corrected chi connectivity index (χ4v) is 2.47. The van der Waals surface area contributed by atoms with Gasteiger partial charge in [0.25, 0.3) is 0 Å². The lowest BCUT2D eigenvalue weighted by Gasteiger charge is -2.23. The van der Waals surface area contributed by atoms with Crippen molar-refractivity contribution in [1.82, 2.24) is 5.32 Å². The van der Waals surface area contributed by atoms with Crippen LogP contribution in [-0.4, -0.2) is 32.6 Å². The van der Waals surface area contributed by atoms with Crippen molar-refractivity contribution >= 4 is 17.5 Å². The highest BCUT2D eigenvalue weighted by Gasteiger charge is 2.36. The van der Waals surface area contributed by atoms with Crippen LogP contribution in [0.3, 0.4) is 0 Å². The Balaban J connectivity index is 1.98. The molecule has 0 heterocycles. The maximum Gasteiger partial charge on any atom is 0.239 e. The number of benzene rings is 2. The fraction of sp³-hybridized carbons (Fsp3) is 0.333. The van der Waals surface area contributed by atoms with Gasteiger partial charge in [-0.2, -0.15) is 0 Å². The van der Waals surface area contributed by atoms with Crippen LogP contribution in [0, 0.1) is 5.41 Å². The molecule has 0 spiro atoms. The van der Waals surface area contributed by atoms with Gasteiger partial charge in [0.05, 0.1) is 19.9 Å². The number of rotatable bonds is 8. The van der Waals surface area contributed by atoms with E-state index in [1.54, 1.807) is 39.2 Å². The molecule has 0 unspecified atom stereocenters. The molecule has 0 saturated carbocycles. The van der Waals surface area contributed by atoms with E-state index in [1.807, 2.05) is 30.3 Å². The Hall–Kier alpha value is -3.02. The molecule has 2 N–H and O–H groups in total. The summed E-state index contributed by atoms with van der Waals surface area (Å²) in [6, 6.07) is 14.9. The Morgan fingerprint density at radius 1 is 0.963 bits per heavy atom. The Labute approximate surface area is 159 Å². The normalized spacial score (nSPS) is 10.8. The summed E-state index contributed by atoms with van der Waals surface area (Å²) < 4.78 is 10.4. The molecule has 0 bridgehead atoms. The zero-order valence-electron chi connectivity index (χ0n) is 16.2. The van der Waals surface area contributed by atoms with Crippen LogP contribution in [0.1, 0.15) is 19.4 Å². The first-order valence-electron chi connectivity index (χ1n) is 8.74. The zero-order chi connectivity index (χ0) is 19.9. The largest absolute Gasteiger partial charge is 0.497 e. The summed E-state index contributed by atoms with van der Waals surface area (Å²) in [5.41, 5.74) is 0.373. The van der Waals surface area contributed by atoms with Crippen LogP contribution in [-0.2, 0) is 16.0 Å². The van der Waals surface area contributed by atoms with E-state index in [-0.39, 0.29) is 5.91 Å². The van der Waals surface area contributed by atoms with E-state index in [1.165, 1.54) is 7.11 Å². The van der Waals surface area contributed by atoms with E-state index < -0.39 is 11.3 Å². The van der Waals surface area contributed by atoms with Crippen molar-refractivity contribution < 1.29 is 19.1 Å². The smallest absolute Gasteiger partial charge is 0.239 e. The molecule has 144 valence electrons. The van der Waals surface area contributed by atoms with Crippen LogP contribution in [0.15, 0.2) is 48.5 Å². The Morgan fingerprint density at radius 2 is 1.67 bits per heavy atom. The van der Waals surface area contributed by atoms with Crippen LogP contribution in [0.4, 0.5) is 5.69 Å². The average Bonchev–Trinajstić information content (AvgIpc) is 2.68. The van der Waals surface area contributed by atoms with E-state index in [0.29, 0.717) is 30.2 Å². The minimum Gasteiger partial charge on any atom is -0.497 e. The fourth-order valence-electron chi connectivity index (χ4n) is 2.47. The molecule has 2 aromatic rings. The van der Waals surface area contributed by atoms with Crippen LogP contribution >= 0.6 is 0 Å².